The fourth-order valence-electron chi connectivity index (χ4n) is 1.77. The Labute approximate surface area is 109 Å². The van der Waals surface area contributed by atoms with Gasteiger partial charge in [0.25, 0.3) is 5.56 Å². The Morgan fingerprint density at radius 3 is 2.58 bits per heavy atom. The van der Waals surface area contributed by atoms with Crippen LogP contribution >= 0.6 is 0 Å². The number of anilines is 1. The summed E-state index contributed by atoms with van der Waals surface area (Å²) in [5.41, 5.74) is 4.78. The van der Waals surface area contributed by atoms with Gasteiger partial charge in [-0.3, -0.25) is 13.9 Å². The van der Waals surface area contributed by atoms with Crippen molar-refractivity contribution in [3.05, 3.63) is 51.3 Å². The predicted octanol–water partition coefficient (Wildman–Crippen LogP) is -0.160. The molecule has 7 heteroatoms. The van der Waals surface area contributed by atoms with Crippen LogP contribution in [0.25, 0.3) is 0 Å². The van der Waals surface area contributed by atoms with Crippen LogP contribution in [0, 0.1) is 0 Å². The SMILES string of the molecule is CCCn1cc(N)c(=O)n(Cc2ncccn2)c1=O. The number of hydrogen-bond donors (Lipinski definition) is 1. The number of aromatic nitrogens is 4. The molecule has 0 atom stereocenters. The van der Waals surface area contributed by atoms with Gasteiger partial charge in [-0.15, -0.1) is 0 Å². The average molecular weight is 261 g/mol. The number of hydrogen-bond acceptors (Lipinski definition) is 5. The minimum Gasteiger partial charge on any atom is -0.393 e. The zero-order chi connectivity index (χ0) is 13.8. The van der Waals surface area contributed by atoms with Gasteiger partial charge in [-0.2, -0.15) is 0 Å². The molecule has 0 amide bonds. The van der Waals surface area contributed by atoms with Crippen molar-refractivity contribution in [1.29, 1.82) is 0 Å². The summed E-state index contributed by atoms with van der Waals surface area (Å²) in [6.45, 7) is 2.48. The molecule has 0 saturated carbocycles. The highest BCUT2D eigenvalue weighted by molar-refractivity contribution is 5.31. The number of nitrogen functional groups attached to an aromatic ring is 1. The maximum absolute atomic E-state index is 12.2. The molecule has 0 radical (unpaired) electrons. The van der Waals surface area contributed by atoms with Crippen molar-refractivity contribution >= 4 is 5.69 Å². The molecular weight excluding hydrogens is 246 g/mol. The molecule has 0 aliphatic rings. The Hall–Kier alpha value is -2.44. The average Bonchev–Trinajstić information content (AvgIpc) is 2.42. The molecule has 0 aromatic carbocycles. The van der Waals surface area contributed by atoms with E-state index >= 15 is 0 Å². The van der Waals surface area contributed by atoms with Crippen LogP contribution in [0.2, 0.25) is 0 Å². The lowest BCUT2D eigenvalue weighted by molar-refractivity contribution is 0.565. The van der Waals surface area contributed by atoms with Gasteiger partial charge in [0.05, 0.1) is 6.54 Å². The summed E-state index contributed by atoms with van der Waals surface area (Å²) in [4.78, 5) is 32.1. The van der Waals surface area contributed by atoms with Gasteiger partial charge in [-0.25, -0.2) is 14.8 Å². The van der Waals surface area contributed by atoms with Crippen molar-refractivity contribution in [1.82, 2.24) is 19.1 Å². The first-order chi connectivity index (χ1) is 9.13. The summed E-state index contributed by atoms with van der Waals surface area (Å²) in [6.07, 6.45) is 5.28. The first-order valence-electron chi connectivity index (χ1n) is 5.99. The predicted molar refractivity (Wildman–Crippen MR) is 70.8 cm³/mol. The van der Waals surface area contributed by atoms with E-state index in [0.717, 1.165) is 11.0 Å². The Morgan fingerprint density at radius 1 is 1.26 bits per heavy atom. The van der Waals surface area contributed by atoms with Gasteiger partial charge in [0, 0.05) is 25.1 Å². The van der Waals surface area contributed by atoms with Gasteiger partial charge >= 0.3 is 5.69 Å². The molecule has 19 heavy (non-hydrogen) atoms. The molecule has 100 valence electrons. The van der Waals surface area contributed by atoms with Crippen LogP contribution in [0.1, 0.15) is 19.2 Å². The maximum atomic E-state index is 12.2. The van der Waals surface area contributed by atoms with Crippen molar-refractivity contribution in [2.45, 2.75) is 26.4 Å². The minimum absolute atomic E-state index is 0.0211. The lowest BCUT2D eigenvalue weighted by atomic mass is 10.4. The molecule has 2 heterocycles. The van der Waals surface area contributed by atoms with Gasteiger partial charge in [-0.1, -0.05) is 6.92 Å². The van der Waals surface area contributed by atoms with Crippen molar-refractivity contribution in [2.75, 3.05) is 5.73 Å². The van der Waals surface area contributed by atoms with Crippen molar-refractivity contribution in [2.24, 2.45) is 0 Å². The van der Waals surface area contributed by atoms with E-state index in [0.29, 0.717) is 12.4 Å². The summed E-state index contributed by atoms with van der Waals surface area (Å²) in [5, 5.41) is 0. The standard InChI is InChI=1S/C12H15N5O2/c1-2-6-16-7-9(13)11(18)17(12(16)19)8-10-14-4-3-5-15-10/h3-5,7H,2,6,8,13H2,1H3. The van der Waals surface area contributed by atoms with Gasteiger partial charge in [0.15, 0.2) is 0 Å². The summed E-state index contributed by atoms with van der Waals surface area (Å²) >= 11 is 0. The molecular formula is C12H15N5O2. The van der Waals surface area contributed by atoms with Crippen LogP contribution in [-0.2, 0) is 13.1 Å². The van der Waals surface area contributed by atoms with E-state index in [1.54, 1.807) is 18.5 Å². The number of nitrogens with zero attached hydrogens (tertiary/aromatic N) is 4. The van der Waals surface area contributed by atoms with Crippen LogP contribution < -0.4 is 17.0 Å². The molecule has 0 aliphatic carbocycles. The Bertz CT molecular complexity index is 675. The molecule has 0 spiro atoms. The Balaban J connectivity index is 2.50. The molecule has 0 fully saturated rings. The smallest absolute Gasteiger partial charge is 0.331 e. The molecule has 7 nitrogen and oxygen atoms in total. The fourth-order valence-corrected chi connectivity index (χ4v) is 1.77. The summed E-state index contributed by atoms with van der Waals surface area (Å²) in [6, 6.07) is 1.67. The Kier molecular flexibility index (Phi) is 3.74. The van der Waals surface area contributed by atoms with Crippen LogP contribution in [0.4, 0.5) is 5.69 Å². The van der Waals surface area contributed by atoms with E-state index in [2.05, 4.69) is 9.97 Å². The largest absolute Gasteiger partial charge is 0.393 e. The third-order valence-corrected chi connectivity index (χ3v) is 2.65. The van der Waals surface area contributed by atoms with E-state index in [-0.39, 0.29) is 12.2 Å². The topological polar surface area (TPSA) is 95.8 Å². The van der Waals surface area contributed by atoms with E-state index in [1.807, 2.05) is 6.92 Å². The highest BCUT2D eigenvalue weighted by Crippen LogP contribution is 1.94. The van der Waals surface area contributed by atoms with Crippen LogP contribution in [0.5, 0.6) is 0 Å². The maximum Gasteiger partial charge on any atom is 0.331 e. The van der Waals surface area contributed by atoms with E-state index in [9.17, 15) is 9.59 Å². The zero-order valence-corrected chi connectivity index (χ0v) is 10.6. The lowest BCUT2D eigenvalue weighted by Crippen LogP contribution is -2.41. The lowest BCUT2D eigenvalue weighted by Gasteiger charge is -2.10. The molecule has 0 unspecified atom stereocenters. The number of nitrogens with two attached hydrogens (primary N) is 1. The second-order valence-electron chi connectivity index (χ2n) is 4.12. The van der Waals surface area contributed by atoms with Gasteiger partial charge in [0.2, 0.25) is 0 Å². The molecule has 2 aromatic heterocycles. The molecule has 0 saturated heterocycles. The quantitative estimate of drug-likeness (QED) is 0.825. The molecule has 0 bridgehead atoms. The fraction of sp³-hybridized carbons (Fsp3) is 0.333. The normalized spacial score (nSPS) is 10.6. The van der Waals surface area contributed by atoms with E-state index in [1.165, 1.54) is 10.8 Å². The van der Waals surface area contributed by atoms with Gasteiger partial charge < -0.3 is 5.73 Å². The summed E-state index contributed by atoms with van der Waals surface area (Å²) in [7, 11) is 0. The minimum atomic E-state index is -0.509. The van der Waals surface area contributed by atoms with Gasteiger partial charge in [0.1, 0.15) is 11.5 Å². The first kappa shape index (κ1) is 13.0. The third kappa shape index (κ3) is 2.70. The van der Waals surface area contributed by atoms with Crippen molar-refractivity contribution in [3.63, 3.8) is 0 Å². The van der Waals surface area contributed by atoms with Crippen molar-refractivity contribution < 1.29 is 0 Å². The summed E-state index contributed by atoms with van der Waals surface area (Å²) in [5.74, 6) is 0.398. The second kappa shape index (κ2) is 5.47. The third-order valence-electron chi connectivity index (χ3n) is 2.65. The zero-order valence-electron chi connectivity index (χ0n) is 10.6. The number of aryl methyl sites for hydroxylation is 1. The molecule has 0 aliphatic heterocycles. The van der Waals surface area contributed by atoms with Crippen LogP contribution in [0.15, 0.2) is 34.2 Å². The highest BCUT2D eigenvalue weighted by Gasteiger charge is 2.10. The summed E-state index contributed by atoms with van der Waals surface area (Å²) < 4.78 is 2.49. The molecule has 2 aromatic rings. The first-order valence-corrected chi connectivity index (χ1v) is 5.99. The molecule has 2 rings (SSSR count). The Morgan fingerprint density at radius 2 is 1.95 bits per heavy atom. The monoisotopic (exact) mass is 261 g/mol. The highest BCUT2D eigenvalue weighted by atomic mass is 16.2. The van der Waals surface area contributed by atoms with Crippen molar-refractivity contribution in [3.8, 4) is 0 Å². The number of rotatable bonds is 4. The van der Waals surface area contributed by atoms with E-state index < -0.39 is 11.2 Å². The molecule has 2 N–H and O–H groups in total. The van der Waals surface area contributed by atoms with Gasteiger partial charge in [-0.05, 0) is 12.5 Å². The van der Waals surface area contributed by atoms with Crippen LogP contribution in [-0.4, -0.2) is 19.1 Å². The van der Waals surface area contributed by atoms with Crippen LogP contribution in [0.3, 0.4) is 0 Å². The second-order valence-corrected chi connectivity index (χ2v) is 4.12. The van der Waals surface area contributed by atoms with E-state index in [4.69, 9.17) is 5.73 Å².